The number of urea groups is 1. The van der Waals surface area contributed by atoms with Gasteiger partial charge >= 0.3 is 12.0 Å². The first kappa shape index (κ1) is 15.8. The van der Waals surface area contributed by atoms with Gasteiger partial charge in [-0.15, -0.1) is 0 Å². The average Bonchev–Trinajstić information content (AvgIpc) is 2.37. The van der Waals surface area contributed by atoms with E-state index < -0.39 is 5.97 Å². The van der Waals surface area contributed by atoms with E-state index in [1.54, 1.807) is 4.90 Å². The van der Waals surface area contributed by atoms with Crippen LogP contribution in [0.15, 0.2) is 0 Å². The molecular weight excluding hydrogens is 244 g/mol. The Morgan fingerprint density at radius 1 is 1.37 bits per heavy atom. The molecule has 1 N–H and O–H groups in total. The van der Waals surface area contributed by atoms with Crippen molar-refractivity contribution in [3.63, 3.8) is 0 Å². The first-order valence-electron chi connectivity index (χ1n) is 7.26. The van der Waals surface area contributed by atoms with Crippen LogP contribution in [0.4, 0.5) is 4.79 Å². The smallest absolute Gasteiger partial charge is 0.320 e. The highest BCUT2D eigenvalue weighted by atomic mass is 16.4. The van der Waals surface area contributed by atoms with Gasteiger partial charge in [0.05, 0.1) is 6.42 Å². The van der Waals surface area contributed by atoms with Crippen LogP contribution in [0, 0.1) is 0 Å². The van der Waals surface area contributed by atoms with Crippen LogP contribution in [-0.4, -0.2) is 52.1 Å². The molecule has 0 aromatic rings. The van der Waals surface area contributed by atoms with Gasteiger partial charge in [0.1, 0.15) is 0 Å². The first-order chi connectivity index (χ1) is 8.97. The number of rotatable bonds is 5. The number of carbonyl (C=O) groups is 2. The van der Waals surface area contributed by atoms with Crippen molar-refractivity contribution in [1.29, 1.82) is 0 Å². The summed E-state index contributed by atoms with van der Waals surface area (Å²) in [5.74, 6) is -0.857. The lowest BCUT2D eigenvalue weighted by atomic mass is 10.0. The second-order valence-corrected chi connectivity index (χ2v) is 5.46. The molecule has 1 atom stereocenters. The number of carbonyl (C=O) groups excluding carboxylic acids is 1. The van der Waals surface area contributed by atoms with E-state index in [1.165, 1.54) is 6.42 Å². The molecule has 1 fully saturated rings. The van der Waals surface area contributed by atoms with Gasteiger partial charge < -0.3 is 14.9 Å². The van der Waals surface area contributed by atoms with Gasteiger partial charge in [0.2, 0.25) is 0 Å². The fourth-order valence-corrected chi connectivity index (χ4v) is 2.63. The Bertz CT molecular complexity index is 318. The fourth-order valence-electron chi connectivity index (χ4n) is 2.63. The van der Waals surface area contributed by atoms with Crippen molar-refractivity contribution in [2.24, 2.45) is 0 Å². The summed E-state index contributed by atoms with van der Waals surface area (Å²) in [4.78, 5) is 26.9. The molecule has 0 aromatic carbocycles. The van der Waals surface area contributed by atoms with Gasteiger partial charge in [-0.2, -0.15) is 0 Å². The molecular formula is C14H26N2O3. The van der Waals surface area contributed by atoms with Gasteiger partial charge in [-0.25, -0.2) is 4.79 Å². The van der Waals surface area contributed by atoms with Crippen LogP contribution in [0.3, 0.4) is 0 Å². The minimum atomic E-state index is -0.857. The van der Waals surface area contributed by atoms with Crippen LogP contribution in [0.25, 0.3) is 0 Å². The quantitative estimate of drug-likeness (QED) is 0.835. The van der Waals surface area contributed by atoms with Gasteiger partial charge in [-0.05, 0) is 39.5 Å². The van der Waals surface area contributed by atoms with Crippen molar-refractivity contribution in [2.45, 2.75) is 65.0 Å². The topological polar surface area (TPSA) is 60.9 Å². The molecule has 5 nitrogen and oxygen atoms in total. The first-order valence-corrected chi connectivity index (χ1v) is 7.26. The van der Waals surface area contributed by atoms with Crippen LogP contribution in [-0.2, 0) is 4.79 Å². The number of amides is 2. The number of nitrogens with zero attached hydrogens (tertiary/aromatic N) is 2. The molecule has 0 aliphatic carbocycles. The van der Waals surface area contributed by atoms with Crippen LogP contribution in [0.5, 0.6) is 0 Å². The number of piperidine rings is 1. The largest absolute Gasteiger partial charge is 0.481 e. The number of likely N-dealkylation sites (tertiary alicyclic amines) is 1. The predicted molar refractivity (Wildman–Crippen MR) is 74.1 cm³/mol. The average molecular weight is 270 g/mol. The molecule has 1 saturated heterocycles. The lowest BCUT2D eigenvalue weighted by Gasteiger charge is -2.40. The van der Waals surface area contributed by atoms with Gasteiger partial charge in [0.15, 0.2) is 0 Å². The number of hydrogen-bond donors (Lipinski definition) is 1. The Hall–Kier alpha value is -1.26. The van der Waals surface area contributed by atoms with E-state index in [4.69, 9.17) is 5.11 Å². The zero-order chi connectivity index (χ0) is 14.4. The van der Waals surface area contributed by atoms with E-state index in [0.29, 0.717) is 12.6 Å². The lowest BCUT2D eigenvalue weighted by molar-refractivity contribution is -0.137. The fraction of sp³-hybridized carbons (Fsp3) is 0.857. The third kappa shape index (κ3) is 4.40. The zero-order valence-electron chi connectivity index (χ0n) is 12.3. The summed E-state index contributed by atoms with van der Waals surface area (Å²) < 4.78 is 0. The zero-order valence-corrected chi connectivity index (χ0v) is 12.3. The standard InChI is InChI=1S/C14H26N2O3/c1-4-12-7-5-6-9-16(12)14(19)15(11(2)3)10-8-13(17)18/h11-12H,4-10H2,1-3H3,(H,17,18). The Morgan fingerprint density at radius 2 is 2.05 bits per heavy atom. The van der Waals surface area contributed by atoms with E-state index in [2.05, 4.69) is 6.92 Å². The molecule has 0 bridgehead atoms. The maximum Gasteiger partial charge on any atom is 0.320 e. The molecule has 1 aliphatic rings. The summed E-state index contributed by atoms with van der Waals surface area (Å²) in [5, 5.41) is 8.78. The normalized spacial score (nSPS) is 19.6. The molecule has 0 saturated carbocycles. The second kappa shape index (κ2) is 7.36. The van der Waals surface area contributed by atoms with Crippen molar-refractivity contribution in [1.82, 2.24) is 9.80 Å². The third-order valence-electron chi connectivity index (χ3n) is 3.78. The van der Waals surface area contributed by atoms with E-state index in [0.717, 1.165) is 25.8 Å². The number of carboxylic acids is 1. The molecule has 5 heteroatoms. The molecule has 0 radical (unpaired) electrons. The summed E-state index contributed by atoms with van der Waals surface area (Å²) >= 11 is 0. The van der Waals surface area contributed by atoms with E-state index in [1.807, 2.05) is 18.7 Å². The van der Waals surface area contributed by atoms with Crippen LogP contribution in [0.2, 0.25) is 0 Å². The SMILES string of the molecule is CCC1CCCCN1C(=O)N(CCC(=O)O)C(C)C. The van der Waals surface area contributed by atoms with Crippen molar-refractivity contribution >= 4 is 12.0 Å². The second-order valence-electron chi connectivity index (χ2n) is 5.46. The molecule has 19 heavy (non-hydrogen) atoms. The van der Waals surface area contributed by atoms with E-state index in [-0.39, 0.29) is 18.5 Å². The van der Waals surface area contributed by atoms with Crippen LogP contribution < -0.4 is 0 Å². The summed E-state index contributed by atoms with van der Waals surface area (Å²) in [6.45, 7) is 7.06. The lowest BCUT2D eigenvalue weighted by Crippen LogP contribution is -2.52. The number of carboxylic acid groups (broad SMARTS) is 1. The van der Waals surface area contributed by atoms with Crippen LogP contribution >= 0.6 is 0 Å². The van der Waals surface area contributed by atoms with Crippen molar-refractivity contribution in [2.75, 3.05) is 13.1 Å². The minimum Gasteiger partial charge on any atom is -0.481 e. The maximum absolute atomic E-state index is 12.6. The molecule has 0 spiro atoms. The maximum atomic E-state index is 12.6. The number of hydrogen-bond acceptors (Lipinski definition) is 2. The highest BCUT2D eigenvalue weighted by Crippen LogP contribution is 2.21. The molecule has 1 rings (SSSR count). The van der Waals surface area contributed by atoms with Crippen molar-refractivity contribution in [3.05, 3.63) is 0 Å². The Kier molecular flexibility index (Phi) is 6.12. The van der Waals surface area contributed by atoms with E-state index in [9.17, 15) is 9.59 Å². The van der Waals surface area contributed by atoms with Gasteiger partial charge in [-0.3, -0.25) is 4.79 Å². The molecule has 1 unspecified atom stereocenters. The van der Waals surface area contributed by atoms with Crippen molar-refractivity contribution < 1.29 is 14.7 Å². The van der Waals surface area contributed by atoms with Gasteiger partial charge in [0.25, 0.3) is 0 Å². The molecule has 0 aromatic heterocycles. The van der Waals surface area contributed by atoms with Crippen molar-refractivity contribution in [3.8, 4) is 0 Å². The third-order valence-corrected chi connectivity index (χ3v) is 3.78. The highest BCUT2D eigenvalue weighted by molar-refractivity contribution is 5.76. The molecule has 110 valence electrons. The van der Waals surface area contributed by atoms with Gasteiger partial charge in [0, 0.05) is 25.2 Å². The summed E-state index contributed by atoms with van der Waals surface area (Å²) in [7, 11) is 0. The molecule has 2 amide bonds. The highest BCUT2D eigenvalue weighted by Gasteiger charge is 2.30. The summed E-state index contributed by atoms with van der Waals surface area (Å²) in [5.41, 5.74) is 0. The van der Waals surface area contributed by atoms with E-state index >= 15 is 0 Å². The summed E-state index contributed by atoms with van der Waals surface area (Å²) in [6.07, 6.45) is 4.27. The minimum absolute atomic E-state index is 0.00259. The van der Waals surface area contributed by atoms with Gasteiger partial charge in [-0.1, -0.05) is 6.92 Å². The molecule has 1 aliphatic heterocycles. The Balaban J connectivity index is 2.71. The summed E-state index contributed by atoms with van der Waals surface area (Å²) in [6, 6.07) is 0.349. The Labute approximate surface area is 115 Å². The Morgan fingerprint density at radius 3 is 2.58 bits per heavy atom. The molecule has 1 heterocycles. The van der Waals surface area contributed by atoms with Crippen LogP contribution in [0.1, 0.15) is 52.9 Å². The predicted octanol–water partition coefficient (Wildman–Crippen LogP) is 2.56. The number of aliphatic carboxylic acids is 1. The monoisotopic (exact) mass is 270 g/mol.